The monoisotopic (exact) mass is 779 g/mol. The van der Waals surface area contributed by atoms with E-state index in [1.54, 1.807) is 0 Å². The fourth-order valence-corrected chi connectivity index (χ4v) is 10.0. The first-order chi connectivity index (χ1) is 30.0. The van der Waals surface area contributed by atoms with E-state index < -0.39 is 0 Å². The summed E-state index contributed by atoms with van der Waals surface area (Å²) in [5, 5.41) is 6.95. The molecule has 0 saturated carbocycles. The Labute approximate surface area is 355 Å². The standard InChI is InChI=1S/C59H41NO/c1-59(2)55-27-14-13-24-49(55)50-30-28-44(36-56(50)59)60(45-33-41(38-16-5-3-6-17-38)32-42(34-45)39-18-7-4-8-19-39)43-29-31-57-53(35-43)54-37-52(48-23-11-12-25-51(48)58(54)61-57)47-26-15-21-40-20-9-10-22-46(40)47/h3-37H,1-2H3. The molecule has 0 unspecified atom stereocenters. The Morgan fingerprint density at radius 1 is 0.344 bits per heavy atom. The van der Waals surface area contributed by atoms with Crippen molar-refractivity contribution in [2.75, 3.05) is 4.90 Å². The van der Waals surface area contributed by atoms with Crippen LogP contribution in [0.4, 0.5) is 17.1 Å². The van der Waals surface area contributed by atoms with Gasteiger partial charge in [-0.15, -0.1) is 0 Å². The molecule has 1 aliphatic carbocycles. The summed E-state index contributed by atoms with van der Waals surface area (Å²) in [6.45, 7) is 4.72. The third kappa shape index (κ3) is 5.64. The number of rotatable bonds is 6. The molecule has 0 atom stereocenters. The van der Waals surface area contributed by atoms with Gasteiger partial charge in [0.2, 0.25) is 0 Å². The van der Waals surface area contributed by atoms with Gasteiger partial charge in [0.1, 0.15) is 11.2 Å². The number of hydrogen-bond donors (Lipinski definition) is 0. The van der Waals surface area contributed by atoms with E-state index in [1.807, 2.05) is 0 Å². The van der Waals surface area contributed by atoms with Crippen molar-refractivity contribution in [1.82, 2.24) is 0 Å². The van der Waals surface area contributed by atoms with Gasteiger partial charge < -0.3 is 9.32 Å². The normalized spacial score (nSPS) is 12.9. The molecule has 2 heteroatoms. The first-order valence-corrected chi connectivity index (χ1v) is 21.2. The molecule has 0 aliphatic heterocycles. The number of hydrogen-bond acceptors (Lipinski definition) is 2. The second-order valence-corrected chi connectivity index (χ2v) is 16.9. The molecule has 0 spiro atoms. The second kappa shape index (κ2) is 13.7. The van der Waals surface area contributed by atoms with Crippen LogP contribution in [-0.4, -0.2) is 0 Å². The van der Waals surface area contributed by atoms with Crippen molar-refractivity contribution in [3.8, 4) is 44.5 Å². The highest BCUT2D eigenvalue weighted by Gasteiger charge is 2.36. The average Bonchev–Trinajstić information content (AvgIpc) is 3.80. The van der Waals surface area contributed by atoms with Crippen LogP contribution in [-0.2, 0) is 5.41 Å². The van der Waals surface area contributed by atoms with Gasteiger partial charge in [0.05, 0.1) is 0 Å². The average molecular weight is 780 g/mol. The van der Waals surface area contributed by atoms with Gasteiger partial charge in [-0.1, -0.05) is 172 Å². The van der Waals surface area contributed by atoms with Crippen molar-refractivity contribution in [3.05, 3.63) is 223 Å². The number of furan rings is 1. The zero-order chi connectivity index (χ0) is 40.7. The first-order valence-electron chi connectivity index (χ1n) is 21.2. The molecule has 0 saturated heterocycles. The summed E-state index contributed by atoms with van der Waals surface area (Å²) >= 11 is 0. The van der Waals surface area contributed by atoms with Gasteiger partial charge in [0.25, 0.3) is 0 Å². The summed E-state index contributed by atoms with van der Waals surface area (Å²) in [7, 11) is 0. The van der Waals surface area contributed by atoms with Gasteiger partial charge >= 0.3 is 0 Å². The molecule has 0 bridgehead atoms. The van der Waals surface area contributed by atoms with E-state index in [4.69, 9.17) is 4.42 Å². The molecule has 61 heavy (non-hydrogen) atoms. The molecule has 12 rings (SSSR count). The van der Waals surface area contributed by atoms with Crippen LogP contribution in [0.5, 0.6) is 0 Å². The highest BCUT2D eigenvalue weighted by Crippen LogP contribution is 2.51. The van der Waals surface area contributed by atoms with Crippen LogP contribution in [0.25, 0.3) is 88.0 Å². The maximum atomic E-state index is 6.85. The number of nitrogens with zero attached hydrogens (tertiary/aromatic N) is 1. The molecule has 1 aliphatic rings. The molecular formula is C59H41NO. The molecule has 0 amide bonds. The summed E-state index contributed by atoms with van der Waals surface area (Å²) in [5.41, 5.74) is 17.3. The Hall–Kier alpha value is -7.68. The summed E-state index contributed by atoms with van der Waals surface area (Å²) < 4.78 is 6.85. The molecule has 0 N–H and O–H groups in total. The zero-order valence-corrected chi connectivity index (χ0v) is 34.1. The highest BCUT2D eigenvalue weighted by atomic mass is 16.3. The largest absolute Gasteiger partial charge is 0.455 e. The molecule has 0 radical (unpaired) electrons. The van der Waals surface area contributed by atoms with Crippen LogP contribution < -0.4 is 4.90 Å². The maximum Gasteiger partial charge on any atom is 0.143 e. The summed E-state index contributed by atoms with van der Waals surface area (Å²) in [5.74, 6) is 0. The topological polar surface area (TPSA) is 16.4 Å². The van der Waals surface area contributed by atoms with Crippen LogP contribution in [0, 0.1) is 0 Å². The summed E-state index contributed by atoms with van der Waals surface area (Å²) in [6.07, 6.45) is 0. The maximum absolute atomic E-state index is 6.85. The molecule has 0 fully saturated rings. The molecular weight excluding hydrogens is 739 g/mol. The Morgan fingerprint density at radius 3 is 1.70 bits per heavy atom. The van der Waals surface area contributed by atoms with E-state index in [0.717, 1.165) is 55.5 Å². The Balaban J connectivity index is 1.12. The zero-order valence-electron chi connectivity index (χ0n) is 34.1. The number of anilines is 3. The molecule has 1 heterocycles. The van der Waals surface area contributed by atoms with E-state index in [2.05, 4.69) is 231 Å². The fourth-order valence-electron chi connectivity index (χ4n) is 10.0. The van der Waals surface area contributed by atoms with Gasteiger partial charge in [-0.3, -0.25) is 0 Å². The van der Waals surface area contributed by atoms with Crippen molar-refractivity contribution in [3.63, 3.8) is 0 Å². The van der Waals surface area contributed by atoms with Crippen molar-refractivity contribution in [1.29, 1.82) is 0 Å². The van der Waals surface area contributed by atoms with Gasteiger partial charge in [-0.2, -0.15) is 0 Å². The summed E-state index contributed by atoms with van der Waals surface area (Å²) in [6, 6.07) is 77.5. The quantitative estimate of drug-likeness (QED) is 0.167. The second-order valence-electron chi connectivity index (χ2n) is 16.9. The number of fused-ring (bicyclic) bond motifs is 9. The SMILES string of the molecule is CC1(C)c2ccccc2-c2ccc(N(c3cc(-c4ccccc4)cc(-c4ccccc4)c3)c3ccc4oc5c6ccccc6c(-c6cccc7ccccc67)cc5c4c3)cc21. The predicted molar refractivity (Wildman–Crippen MR) is 257 cm³/mol. The van der Waals surface area contributed by atoms with E-state index in [0.29, 0.717) is 0 Å². The Bertz CT molecular complexity index is 3440. The third-order valence-corrected chi connectivity index (χ3v) is 13.0. The predicted octanol–water partition coefficient (Wildman–Crippen LogP) is 16.7. The molecule has 11 aromatic rings. The smallest absolute Gasteiger partial charge is 0.143 e. The van der Waals surface area contributed by atoms with Gasteiger partial charge in [-0.25, -0.2) is 0 Å². The Kier molecular flexibility index (Phi) is 7.92. The lowest BCUT2D eigenvalue weighted by Crippen LogP contribution is -2.16. The molecule has 10 aromatic carbocycles. The van der Waals surface area contributed by atoms with Gasteiger partial charge in [0.15, 0.2) is 0 Å². The third-order valence-electron chi connectivity index (χ3n) is 13.0. The van der Waals surface area contributed by atoms with Crippen LogP contribution in [0.2, 0.25) is 0 Å². The lowest BCUT2D eigenvalue weighted by molar-refractivity contribution is 0.660. The van der Waals surface area contributed by atoms with Gasteiger partial charge in [0, 0.05) is 38.6 Å². The van der Waals surface area contributed by atoms with Crippen LogP contribution in [0.1, 0.15) is 25.0 Å². The summed E-state index contributed by atoms with van der Waals surface area (Å²) in [4.78, 5) is 2.45. The Morgan fingerprint density at radius 2 is 0.934 bits per heavy atom. The lowest BCUT2D eigenvalue weighted by atomic mass is 9.82. The minimum Gasteiger partial charge on any atom is -0.455 e. The fraction of sp³-hybridized carbons (Fsp3) is 0.0508. The van der Waals surface area contributed by atoms with Crippen LogP contribution in [0.15, 0.2) is 217 Å². The van der Waals surface area contributed by atoms with Crippen LogP contribution >= 0.6 is 0 Å². The molecule has 1 aromatic heterocycles. The van der Waals surface area contributed by atoms with Crippen molar-refractivity contribution in [2.45, 2.75) is 19.3 Å². The van der Waals surface area contributed by atoms with E-state index in [9.17, 15) is 0 Å². The van der Waals surface area contributed by atoms with Gasteiger partial charge in [-0.05, 0) is 126 Å². The minimum atomic E-state index is -0.154. The van der Waals surface area contributed by atoms with E-state index in [1.165, 1.54) is 60.7 Å². The molecule has 288 valence electrons. The lowest BCUT2D eigenvalue weighted by Gasteiger charge is -2.29. The highest BCUT2D eigenvalue weighted by molar-refractivity contribution is 6.21. The van der Waals surface area contributed by atoms with Crippen molar-refractivity contribution >= 4 is 60.5 Å². The van der Waals surface area contributed by atoms with Crippen molar-refractivity contribution < 1.29 is 4.42 Å². The van der Waals surface area contributed by atoms with E-state index >= 15 is 0 Å². The van der Waals surface area contributed by atoms with Crippen LogP contribution in [0.3, 0.4) is 0 Å². The van der Waals surface area contributed by atoms with Crippen molar-refractivity contribution in [2.24, 2.45) is 0 Å². The van der Waals surface area contributed by atoms with E-state index in [-0.39, 0.29) is 5.41 Å². The first kappa shape index (κ1) is 35.3. The minimum absolute atomic E-state index is 0.154. The number of benzene rings is 10. The molecule has 2 nitrogen and oxygen atoms in total.